The Morgan fingerprint density at radius 1 is 1.45 bits per heavy atom. The number of aliphatic carboxylic acids is 1. The topological polar surface area (TPSA) is 75.6 Å². The Bertz CT molecular complexity index is 523. The van der Waals surface area contributed by atoms with Crippen LogP contribution in [0.2, 0.25) is 0 Å². The summed E-state index contributed by atoms with van der Waals surface area (Å²) >= 11 is 0. The summed E-state index contributed by atoms with van der Waals surface area (Å²) in [5.74, 6) is 0.0667. The molecule has 1 aliphatic carbocycles. The first kappa shape index (κ1) is 14.4. The third-order valence-corrected chi connectivity index (χ3v) is 3.56. The van der Waals surface area contributed by atoms with Gasteiger partial charge in [0.05, 0.1) is 0 Å². The molecule has 0 aromatic heterocycles. The van der Waals surface area contributed by atoms with Crippen molar-refractivity contribution in [2.75, 3.05) is 11.9 Å². The molecule has 1 aromatic carbocycles. The van der Waals surface area contributed by atoms with Gasteiger partial charge >= 0.3 is 5.97 Å². The number of nitrogens with one attached hydrogen (secondary N) is 1. The summed E-state index contributed by atoms with van der Waals surface area (Å²) in [4.78, 5) is 22.5. The van der Waals surface area contributed by atoms with Crippen molar-refractivity contribution in [1.29, 1.82) is 0 Å². The lowest BCUT2D eigenvalue weighted by atomic mass is 10.1. The van der Waals surface area contributed by atoms with Crippen LogP contribution in [0.3, 0.4) is 0 Å². The second kappa shape index (κ2) is 5.94. The molecule has 108 valence electrons. The van der Waals surface area contributed by atoms with Gasteiger partial charge in [-0.05, 0) is 49.4 Å². The molecule has 2 N–H and O–H groups in total. The monoisotopic (exact) mass is 277 g/mol. The summed E-state index contributed by atoms with van der Waals surface area (Å²) in [5.41, 5.74) is 1.59. The Morgan fingerprint density at radius 3 is 2.70 bits per heavy atom. The van der Waals surface area contributed by atoms with Crippen molar-refractivity contribution in [1.82, 2.24) is 0 Å². The van der Waals surface area contributed by atoms with Gasteiger partial charge in [-0.15, -0.1) is 0 Å². The Labute approximate surface area is 117 Å². The summed E-state index contributed by atoms with van der Waals surface area (Å²) in [6, 6.07) is 5.12. The minimum atomic E-state index is -1.02. The zero-order chi connectivity index (χ0) is 14.7. The van der Waals surface area contributed by atoms with Crippen LogP contribution in [0.15, 0.2) is 18.2 Å². The quantitative estimate of drug-likeness (QED) is 0.837. The molecule has 0 saturated heterocycles. The number of rotatable bonds is 6. The number of hydrogen-bond acceptors (Lipinski definition) is 3. The van der Waals surface area contributed by atoms with E-state index in [1.807, 2.05) is 13.8 Å². The van der Waals surface area contributed by atoms with Crippen LogP contribution < -0.4 is 10.1 Å². The lowest BCUT2D eigenvalue weighted by Crippen LogP contribution is -2.22. The van der Waals surface area contributed by atoms with E-state index in [1.54, 1.807) is 18.2 Å². The number of ether oxygens (including phenoxy) is 1. The minimum Gasteiger partial charge on any atom is -0.482 e. The predicted molar refractivity (Wildman–Crippen MR) is 74.8 cm³/mol. The van der Waals surface area contributed by atoms with Gasteiger partial charge in [0.2, 0.25) is 5.91 Å². The fraction of sp³-hybridized carbons (Fsp3) is 0.467. The number of carboxylic acid groups (broad SMARTS) is 1. The Morgan fingerprint density at radius 2 is 2.15 bits per heavy atom. The Balaban J connectivity index is 1.98. The van der Waals surface area contributed by atoms with Gasteiger partial charge in [-0.25, -0.2) is 4.79 Å². The highest BCUT2D eigenvalue weighted by Crippen LogP contribution is 2.37. The maximum atomic E-state index is 12.0. The summed E-state index contributed by atoms with van der Waals surface area (Å²) in [7, 11) is 0. The molecule has 0 radical (unpaired) electrons. The molecule has 1 aromatic rings. The first-order chi connectivity index (χ1) is 9.47. The fourth-order valence-corrected chi connectivity index (χ4v) is 2.07. The van der Waals surface area contributed by atoms with Crippen molar-refractivity contribution in [3.8, 4) is 5.75 Å². The first-order valence-corrected chi connectivity index (χ1v) is 6.73. The molecule has 5 nitrogen and oxygen atoms in total. The van der Waals surface area contributed by atoms with E-state index in [0.29, 0.717) is 11.7 Å². The maximum absolute atomic E-state index is 12.0. The minimum absolute atomic E-state index is 0.0369. The number of anilines is 1. The van der Waals surface area contributed by atoms with Crippen LogP contribution in [0.1, 0.15) is 25.3 Å². The van der Waals surface area contributed by atoms with Crippen LogP contribution in [-0.4, -0.2) is 23.6 Å². The molecule has 20 heavy (non-hydrogen) atoms. The van der Waals surface area contributed by atoms with Crippen molar-refractivity contribution in [3.63, 3.8) is 0 Å². The van der Waals surface area contributed by atoms with E-state index in [1.165, 1.54) is 0 Å². The summed E-state index contributed by atoms with van der Waals surface area (Å²) < 4.78 is 5.09. The molecule has 1 unspecified atom stereocenters. The van der Waals surface area contributed by atoms with Gasteiger partial charge in [0.25, 0.3) is 0 Å². The van der Waals surface area contributed by atoms with Gasteiger partial charge in [0.1, 0.15) is 5.75 Å². The zero-order valence-electron chi connectivity index (χ0n) is 11.7. The lowest BCUT2D eigenvalue weighted by Gasteiger charge is -2.14. The van der Waals surface area contributed by atoms with E-state index in [9.17, 15) is 9.59 Å². The number of hydrogen-bond donors (Lipinski definition) is 2. The summed E-state index contributed by atoms with van der Waals surface area (Å²) in [5, 5.41) is 11.5. The van der Waals surface area contributed by atoms with E-state index >= 15 is 0 Å². The second-order valence-corrected chi connectivity index (χ2v) is 5.27. The molecule has 1 saturated carbocycles. The molecular formula is C15H19NO4. The van der Waals surface area contributed by atoms with Crippen LogP contribution in [0, 0.1) is 18.8 Å². The van der Waals surface area contributed by atoms with Gasteiger partial charge in [-0.1, -0.05) is 6.92 Å². The van der Waals surface area contributed by atoms with Crippen molar-refractivity contribution >= 4 is 17.6 Å². The van der Waals surface area contributed by atoms with Gasteiger partial charge in [-0.2, -0.15) is 0 Å². The third-order valence-electron chi connectivity index (χ3n) is 3.56. The Hall–Kier alpha value is -2.04. The molecule has 0 heterocycles. The number of carbonyl (C=O) groups is 2. The van der Waals surface area contributed by atoms with Crippen molar-refractivity contribution < 1.29 is 19.4 Å². The molecule has 0 bridgehead atoms. The molecule has 0 aliphatic heterocycles. The van der Waals surface area contributed by atoms with E-state index in [4.69, 9.17) is 9.84 Å². The number of benzene rings is 1. The number of carboxylic acids is 1. The van der Waals surface area contributed by atoms with Crippen LogP contribution in [-0.2, 0) is 9.59 Å². The molecule has 0 spiro atoms. The highest BCUT2D eigenvalue weighted by atomic mass is 16.5. The maximum Gasteiger partial charge on any atom is 0.341 e. The Kier molecular flexibility index (Phi) is 4.27. The second-order valence-electron chi connectivity index (χ2n) is 5.27. The molecule has 2 rings (SSSR count). The third kappa shape index (κ3) is 3.73. The number of amides is 1. The predicted octanol–water partition coefficient (Wildman–Crippen LogP) is 2.44. The van der Waals surface area contributed by atoms with Gasteiger partial charge in [0.15, 0.2) is 6.61 Å². The van der Waals surface area contributed by atoms with E-state index in [-0.39, 0.29) is 18.4 Å². The van der Waals surface area contributed by atoms with Crippen molar-refractivity contribution in [2.45, 2.75) is 26.7 Å². The summed E-state index contributed by atoms with van der Waals surface area (Å²) in [6.45, 7) is 3.43. The van der Waals surface area contributed by atoms with Gasteiger partial charge in [0, 0.05) is 11.6 Å². The molecule has 5 heteroatoms. The SMILES string of the molecule is Cc1cc(OCC(=O)O)ccc1NC(=O)C(C)C1CC1. The molecule has 1 aliphatic rings. The molecule has 1 amide bonds. The lowest BCUT2D eigenvalue weighted by molar-refractivity contribution is -0.139. The van der Waals surface area contributed by atoms with Crippen LogP contribution in [0.25, 0.3) is 0 Å². The van der Waals surface area contributed by atoms with Crippen LogP contribution in [0.4, 0.5) is 5.69 Å². The normalized spacial score (nSPS) is 15.5. The summed E-state index contributed by atoms with van der Waals surface area (Å²) in [6.07, 6.45) is 2.27. The van der Waals surface area contributed by atoms with Gasteiger partial charge < -0.3 is 15.2 Å². The highest BCUT2D eigenvalue weighted by Gasteiger charge is 2.32. The number of carbonyl (C=O) groups excluding carboxylic acids is 1. The molecule has 1 fully saturated rings. The van der Waals surface area contributed by atoms with Crippen molar-refractivity contribution in [2.24, 2.45) is 11.8 Å². The van der Waals surface area contributed by atoms with E-state index in [0.717, 1.165) is 24.1 Å². The fourth-order valence-electron chi connectivity index (χ4n) is 2.07. The van der Waals surface area contributed by atoms with Crippen LogP contribution in [0.5, 0.6) is 5.75 Å². The number of aryl methyl sites for hydroxylation is 1. The van der Waals surface area contributed by atoms with Gasteiger partial charge in [-0.3, -0.25) is 4.79 Å². The molecule has 1 atom stereocenters. The average molecular weight is 277 g/mol. The zero-order valence-corrected chi connectivity index (χ0v) is 11.7. The smallest absolute Gasteiger partial charge is 0.341 e. The van der Waals surface area contributed by atoms with E-state index < -0.39 is 5.97 Å². The average Bonchev–Trinajstić information content (AvgIpc) is 3.22. The largest absolute Gasteiger partial charge is 0.482 e. The van der Waals surface area contributed by atoms with E-state index in [2.05, 4.69) is 5.32 Å². The highest BCUT2D eigenvalue weighted by molar-refractivity contribution is 5.93. The van der Waals surface area contributed by atoms with Crippen LogP contribution >= 0.6 is 0 Å². The standard InChI is InChI=1S/C15H19NO4/c1-9-7-12(20-8-14(17)18)5-6-13(9)16-15(19)10(2)11-3-4-11/h5-7,10-11H,3-4,8H2,1-2H3,(H,16,19)(H,17,18). The molecular weight excluding hydrogens is 258 g/mol. The van der Waals surface area contributed by atoms with Crippen molar-refractivity contribution in [3.05, 3.63) is 23.8 Å². The first-order valence-electron chi connectivity index (χ1n) is 6.73.